The molecule has 0 spiro atoms. The molecule has 0 aliphatic rings. The van der Waals surface area contributed by atoms with Crippen LogP contribution >= 0.6 is 0 Å². The number of hydrogen-bond donors (Lipinski definition) is 1. The van der Waals surface area contributed by atoms with Gasteiger partial charge in [0.05, 0.1) is 0 Å². The van der Waals surface area contributed by atoms with Crippen LogP contribution in [0.15, 0.2) is 0 Å². The summed E-state index contributed by atoms with van der Waals surface area (Å²) in [7, 11) is -3.48. The predicted molar refractivity (Wildman–Crippen MR) is 20.1 cm³/mol. The predicted octanol–water partition coefficient (Wildman–Crippen LogP) is -1.58. The molecule has 0 amide bonds. The maximum atomic E-state index is 9.27. The molecule has 0 aliphatic carbocycles. The van der Waals surface area contributed by atoms with E-state index in [1.807, 2.05) is 0 Å². The first-order chi connectivity index (χ1) is 2.00. The third kappa shape index (κ3) is 98.8. The second-order valence-electron chi connectivity index (χ2n) is 0.733. The molecule has 0 rings (SSSR count). The summed E-state index contributed by atoms with van der Waals surface area (Å²) in [5, 5.41) is 0. The van der Waals surface area contributed by atoms with Crippen LogP contribution in [0.1, 0.15) is 0 Å². The van der Waals surface area contributed by atoms with Crippen molar-refractivity contribution in [1.82, 2.24) is 0 Å². The Bertz CT molecular complexity index is 90.1. The Morgan fingerprint density at radius 2 is 1.60 bits per heavy atom. The van der Waals surface area contributed by atoms with Crippen LogP contribution in [0.25, 0.3) is 0 Å². The molecular formula is H3GaO3S. The first-order valence-electron chi connectivity index (χ1n) is 0.924. The summed E-state index contributed by atoms with van der Waals surface area (Å²) in [4.78, 5) is 0. The molecule has 5 heavy (non-hydrogen) atoms. The topological polar surface area (TPSA) is 54.4 Å². The second kappa shape index (κ2) is 1.33. The summed E-state index contributed by atoms with van der Waals surface area (Å²) in [6, 6.07) is 0. The van der Waals surface area contributed by atoms with Gasteiger partial charge in [0.1, 0.15) is 0 Å². The Labute approximate surface area is 38.9 Å². The summed E-state index contributed by atoms with van der Waals surface area (Å²) in [6.07, 6.45) is 0. The van der Waals surface area contributed by atoms with Crippen molar-refractivity contribution >= 4 is 25.4 Å². The van der Waals surface area contributed by atoms with Gasteiger partial charge in [0.2, 0.25) is 0 Å². The van der Waals surface area contributed by atoms with Crippen LogP contribution in [0.5, 0.6) is 0 Å². The van der Waals surface area contributed by atoms with Crippen LogP contribution < -0.4 is 0 Å². The van der Waals surface area contributed by atoms with E-state index < -0.39 is 25.4 Å². The molecule has 0 bridgehead atoms. The van der Waals surface area contributed by atoms with Crippen molar-refractivity contribution in [1.29, 1.82) is 0 Å². The Morgan fingerprint density at radius 1 is 1.60 bits per heavy atom. The maximum absolute atomic E-state index is 9.27. The Balaban J connectivity index is 4.06. The van der Waals surface area contributed by atoms with Crippen molar-refractivity contribution in [3.05, 3.63) is 0 Å². The van der Waals surface area contributed by atoms with Crippen LogP contribution in [-0.4, -0.2) is 30.3 Å². The zero-order valence-electron chi connectivity index (χ0n) is 2.67. The van der Waals surface area contributed by atoms with Gasteiger partial charge in [-0.15, -0.1) is 0 Å². The fourth-order valence-corrected chi connectivity index (χ4v) is 0. The van der Waals surface area contributed by atoms with Gasteiger partial charge < -0.3 is 0 Å². The van der Waals surface area contributed by atoms with Crippen molar-refractivity contribution in [2.24, 2.45) is 0 Å². The van der Waals surface area contributed by atoms with E-state index in [1.54, 1.807) is 0 Å². The Kier molecular flexibility index (Phi) is 1.48. The fourth-order valence-electron chi connectivity index (χ4n) is 0. The van der Waals surface area contributed by atoms with Gasteiger partial charge in [0, 0.05) is 0 Å². The molecule has 5 heteroatoms. The van der Waals surface area contributed by atoms with Gasteiger partial charge in [-0.2, -0.15) is 0 Å². The summed E-state index contributed by atoms with van der Waals surface area (Å²) >= 11 is -0.472. The van der Waals surface area contributed by atoms with Crippen LogP contribution in [0.3, 0.4) is 0 Å². The Morgan fingerprint density at radius 3 is 1.60 bits per heavy atom. The first kappa shape index (κ1) is 5.55. The molecule has 1 N–H and O–H groups in total. The van der Waals surface area contributed by atoms with Gasteiger partial charge in [-0.3, -0.25) is 0 Å². The molecule has 30 valence electrons. The Hall–Kier alpha value is 0.546. The van der Waals surface area contributed by atoms with Crippen LogP contribution in [0.2, 0.25) is 0 Å². The van der Waals surface area contributed by atoms with Crippen molar-refractivity contribution in [2.75, 3.05) is 0 Å². The molecule has 0 saturated heterocycles. The van der Waals surface area contributed by atoms with E-state index in [9.17, 15) is 8.42 Å². The molecule has 0 atom stereocenters. The van der Waals surface area contributed by atoms with Crippen molar-refractivity contribution < 1.29 is 13.0 Å². The molecule has 0 radical (unpaired) electrons. The molecular weight excluding hydrogens is 150 g/mol. The van der Waals surface area contributed by atoms with E-state index in [2.05, 4.69) is 0 Å². The zero-order chi connectivity index (χ0) is 4.50. The molecule has 0 fully saturated rings. The summed E-state index contributed by atoms with van der Waals surface area (Å²) in [5.41, 5.74) is 0. The second-order valence-corrected chi connectivity index (χ2v) is 8.69. The molecule has 0 aromatic heterocycles. The summed E-state index contributed by atoms with van der Waals surface area (Å²) < 4.78 is 26.1. The van der Waals surface area contributed by atoms with Crippen LogP contribution in [0, 0.1) is 0 Å². The normalized spacial score (nSPS) is 11.4. The third-order valence-corrected chi connectivity index (χ3v) is 0. The quantitative estimate of drug-likeness (QED) is 0.337. The van der Waals surface area contributed by atoms with Crippen molar-refractivity contribution in [3.8, 4) is 0 Å². The van der Waals surface area contributed by atoms with E-state index in [-0.39, 0.29) is 0 Å². The monoisotopic (exact) mass is 152 g/mol. The molecule has 0 unspecified atom stereocenters. The molecule has 0 aromatic carbocycles. The summed E-state index contributed by atoms with van der Waals surface area (Å²) in [5.74, 6) is 0. The first-order valence-corrected chi connectivity index (χ1v) is 7.91. The van der Waals surface area contributed by atoms with Gasteiger partial charge in [-0.1, -0.05) is 0 Å². The average molecular weight is 153 g/mol. The molecule has 3 nitrogen and oxygen atoms in total. The van der Waals surface area contributed by atoms with E-state index in [4.69, 9.17) is 4.55 Å². The SMILES string of the molecule is O=[S](=O)(O)[GaH2]. The van der Waals surface area contributed by atoms with Crippen LogP contribution in [-0.2, 0) is 8.05 Å². The van der Waals surface area contributed by atoms with Crippen molar-refractivity contribution in [2.45, 2.75) is 0 Å². The van der Waals surface area contributed by atoms with Gasteiger partial charge in [-0.05, 0) is 0 Å². The minimum absolute atomic E-state index is 0.472. The average Bonchev–Trinajstić information content (AvgIpc) is 0.722. The molecule has 0 heterocycles. The van der Waals surface area contributed by atoms with Gasteiger partial charge in [-0.25, -0.2) is 0 Å². The van der Waals surface area contributed by atoms with E-state index >= 15 is 0 Å². The van der Waals surface area contributed by atoms with E-state index in [0.717, 1.165) is 0 Å². The summed E-state index contributed by atoms with van der Waals surface area (Å²) in [6.45, 7) is 0. The standard InChI is InChI=1S/Ga.HO3S.2H/c;1-4(2)3;;/h;(H,1,2,3);;. The van der Waals surface area contributed by atoms with Crippen molar-refractivity contribution in [3.63, 3.8) is 0 Å². The number of hydrogen-bond acceptors (Lipinski definition) is 2. The minimum atomic E-state index is -3.48. The number of rotatable bonds is 0. The molecule has 0 saturated carbocycles. The zero-order valence-corrected chi connectivity index (χ0v) is 7.68. The van der Waals surface area contributed by atoms with Gasteiger partial charge >= 0.3 is 38.4 Å². The van der Waals surface area contributed by atoms with E-state index in [0.29, 0.717) is 0 Å². The van der Waals surface area contributed by atoms with E-state index in [1.165, 1.54) is 0 Å². The van der Waals surface area contributed by atoms with Gasteiger partial charge in [0.15, 0.2) is 0 Å². The van der Waals surface area contributed by atoms with Gasteiger partial charge in [0.25, 0.3) is 0 Å². The fraction of sp³-hybridized carbons (Fsp3) is 0. The third-order valence-electron chi connectivity index (χ3n) is 0. The van der Waals surface area contributed by atoms with Crippen LogP contribution in [0.4, 0.5) is 0 Å². The molecule has 0 aromatic rings. The molecule has 0 aliphatic heterocycles.